The lowest BCUT2D eigenvalue weighted by molar-refractivity contribution is 0.256. The van der Waals surface area contributed by atoms with Crippen LogP contribution in [0.25, 0.3) is 0 Å². The SMILES string of the molecule is C[C@H](NC1CCCc2[nH]c(=O)ccc21)C1CCCCC1. The molecule has 2 aliphatic rings. The van der Waals surface area contributed by atoms with Gasteiger partial charge in [-0.05, 0) is 50.5 Å². The van der Waals surface area contributed by atoms with E-state index in [2.05, 4.69) is 17.2 Å². The number of fused-ring (bicyclic) bond motifs is 1. The molecule has 1 aromatic rings. The Balaban J connectivity index is 1.70. The summed E-state index contributed by atoms with van der Waals surface area (Å²) in [4.78, 5) is 14.5. The third kappa shape index (κ3) is 2.98. The maximum absolute atomic E-state index is 11.4. The first kappa shape index (κ1) is 13.9. The maximum Gasteiger partial charge on any atom is 0.248 e. The van der Waals surface area contributed by atoms with Crippen molar-refractivity contribution < 1.29 is 0 Å². The van der Waals surface area contributed by atoms with Crippen LogP contribution in [0.1, 0.15) is 69.2 Å². The van der Waals surface area contributed by atoms with Crippen LogP contribution < -0.4 is 10.9 Å². The summed E-state index contributed by atoms with van der Waals surface area (Å²) in [5.74, 6) is 0.830. The predicted octanol–water partition coefficient (Wildman–Crippen LogP) is 3.31. The van der Waals surface area contributed by atoms with Gasteiger partial charge in [0.05, 0.1) is 0 Å². The predicted molar refractivity (Wildman–Crippen MR) is 81.9 cm³/mol. The Bertz CT molecular complexity index is 502. The highest BCUT2D eigenvalue weighted by Crippen LogP contribution is 2.31. The van der Waals surface area contributed by atoms with Gasteiger partial charge in [0.1, 0.15) is 0 Å². The normalized spacial score (nSPS) is 25.1. The Kier molecular flexibility index (Phi) is 4.25. The molecule has 3 rings (SSSR count). The van der Waals surface area contributed by atoms with Gasteiger partial charge in [0.15, 0.2) is 0 Å². The Morgan fingerprint density at radius 2 is 1.95 bits per heavy atom. The van der Waals surface area contributed by atoms with Crippen molar-refractivity contribution in [3.63, 3.8) is 0 Å². The van der Waals surface area contributed by atoms with E-state index in [1.807, 2.05) is 6.07 Å². The molecule has 1 aromatic heterocycles. The standard InChI is InChI=1S/C17H26N2O/c1-12(13-6-3-2-4-7-13)18-15-8-5-9-16-14(15)10-11-17(20)19-16/h10-13,15,18H,2-9H2,1H3,(H,19,20)/t12-,15?/m0/s1. The number of aromatic nitrogens is 1. The van der Waals surface area contributed by atoms with Crippen LogP contribution in [0.5, 0.6) is 0 Å². The Morgan fingerprint density at radius 1 is 1.15 bits per heavy atom. The molecule has 3 nitrogen and oxygen atoms in total. The van der Waals surface area contributed by atoms with E-state index in [4.69, 9.17) is 0 Å². The number of hydrogen-bond acceptors (Lipinski definition) is 2. The smallest absolute Gasteiger partial charge is 0.248 e. The van der Waals surface area contributed by atoms with Gasteiger partial charge in [-0.2, -0.15) is 0 Å². The van der Waals surface area contributed by atoms with Crippen molar-refractivity contribution in [3.05, 3.63) is 33.7 Å². The van der Waals surface area contributed by atoms with Crippen molar-refractivity contribution in [1.82, 2.24) is 10.3 Å². The Labute approximate surface area is 121 Å². The largest absolute Gasteiger partial charge is 0.326 e. The van der Waals surface area contributed by atoms with Crippen LogP contribution in [0.2, 0.25) is 0 Å². The quantitative estimate of drug-likeness (QED) is 0.888. The molecular formula is C17H26N2O. The minimum atomic E-state index is 0.0322. The zero-order valence-electron chi connectivity index (χ0n) is 12.5. The van der Waals surface area contributed by atoms with E-state index >= 15 is 0 Å². The van der Waals surface area contributed by atoms with Crippen LogP contribution in [0.15, 0.2) is 16.9 Å². The fourth-order valence-corrected chi connectivity index (χ4v) is 3.96. The van der Waals surface area contributed by atoms with E-state index in [9.17, 15) is 4.79 Å². The maximum atomic E-state index is 11.4. The lowest BCUT2D eigenvalue weighted by Gasteiger charge is -2.34. The number of H-pyrrole nitrogens is 1. The molecule has 0 aliphatic heterocycles. The second-order valence-corrected chi connectivity index (χ2v) is 6.55. The molecule has 0 aromatic carbocycles. The van der Waals surface area contributed by atoms with E-state index in [-0.39, 0.29) is 5.56 Å². The monoisotopic (exact) mass is 274 g/mol. The topological polar surface area (TPSA) is 44.9 Å². The average Bonchev–Trinajstić information content (AvgIpc) is 2.48. The number of pyridine rings is 1. The molecule has 2 atom stereocenters. The van der Waals surface area contributed by atoms with Crippen LogP contribution in [-0.4, -0.2) is 11.0 Å². The molecule has 0 saturated heterocycles. The van der Waals surface area contributed by atoms with E-state index in [1.54, 1.807) is 6.07 Å². The van der Waals surface area contributed by atoms with Crippen molar-refractivity contribution in [1.29, 1.82) is 0 Å². The molecule has 0 amide bonds. The zero-order valence-corrected chi connectivity index (χ0v) is 12.5. The van der Waals surface area contributed by atoms with Gasteiger partial charge in [0.2, 0.25) is 5.56 Å². The summed E-state index contributed by atoms with van der Waals surface area (Å²) in [5, 5.41) is 3.84. The molecule has 1 unspecified atom stereocenters. The van der Waals surface area contributed by atoms with Crippen LogP contribution in [-0.2, 0) is 6.42 Å². The third-order valence-corrected chi connectivity index (χ3v) is 5.15. The first-order chi connectivity index (χ1) is 9.74. The van der Waals surface area contributed by atoms with Gasteiger partial charge < -0.3 is 10.3 Å². The summed E-state index contributed by atoms with van der Waals surface area (Å²) >= 11 is 0. The highest BCUT2D eigenvalue weighted by Gasteiger charge is 2.26. The van der Waals surface area contributed by atoms with Gasteiger partial charge in [0, 0.05) is 23.8 Å². The van der Waals surface area contributed by atoms with Gasteiger partial charge >= 0.3 is 0 Å². The number of aryl methyl sites for hydroxylation is 1. The van der Waals surface area contributed by atoms with E-state index < -0.39 is 0 Å². The molecule has 20 heavy (non-hydrogen) atoms. The highest BCUT2D eigenvalue weighted by atomic mass is 16.1. The molecule has 0 spiro atoms. The molecule has 1 fully saturated rings. The molecule has 1 saturated carbocycles. The third-order valence-electron chi connectivity index (χ3n) is 5.15. The molecule has 110 valence electrons. The highest BCUT2D eigenvalue weighted by molar-refractivity contribution is 5.26. The summed E-state index contributed by atoms with van der Waals surface area (Å²) in [7, 11) is 0. The first-order valence-electron chi connectivity index (χ1n) is 8.22. The molecule has 2 aliphatic carbocycles. The number of rotatable bonds is 3. The minimum Gasteiger partial charge on any atom is -0.326 e. The lowest BCUT2D eigenvalue weighted by atomic mass is 9.83. The molecular weight excluding hydrogens is 248 g/mol. The van der Waals surface area contributed by atoms with Crippen molar-refractivity contribution in [3.8, 4) is 0 Å². The Morgan fingerprint density at radius 3 is 2.75 bits per heavy atom. The first-order valence-corrected chi connectivity index (χ1v) is 8.22. The zero-order chi connectivity index (χ0) is 13.9. The van der Waals surface area contributed by atoms with Gasteiger partial charge in [0.25, 0.3) is 0 Å². The van der Waals surface area contributed by atoms with Crippen molar-refractivity contribution in [2.45, 2.75) is 70.4 Å². The van der Waals surface area contributed by atoms with Gasteiger partial charge in [-0.25, -0.2) is 0 Å². The van der Waals surface area contributed by atoms with E-state index in [0.29, 0.717) is 12.1 Å². The van der Waals surface area contributed by atoms with Gasteiger partial charge in [-0.15, -0.1) is 0 Å². The van der Waals surface area contributed by atoms with E-state index in [0.717, 1.165) is 18.0 Å². The second-order valence-electron chi connectivity index (χ2n) is 6.55. The summed E-state index contributed by atoms with van der Waals surface area (Å²) in [6.45, 7) is 2.34. The Hall–Kier alpha value is -1.09. The molecule has 0 radical (unpaired) electrons. The summed E-state index contributed by atoms with van der Waals surface area (Å²) in [5.41, 5.74) is 2.50. The molecule has 2 N–H and O–H groups in total. The fraction of sp³-hybridized carbons (Fsp3) is 0.706. The number of nitrogens with one attached hydrogen (secondary N) is 2. The number of hydrogen-bond donors (Lipinski definition) is 2. The van der Waals surface area contributed by atoms with Crippen molar-refractivity contribution >= 4 is 0 Å². The molecule has 0 bridgehead atoms. The van der Waals surface area contributed by atoms with Crippen LogP contribution in [0.3, 0.4) is 0 Å². The minimum absolute atomic E-state index is 0.0322. The van der Waals surface area contributed by atoms with Crippen LogP contribution in [0.4, 0.5) is 0 Å². The molecule has 1 heterocycles. The number of aromatic amines is 1. The fourth-order valence-electron chi connectivity index (χ4n) is 3.96. The summed E-state index contributed by atoms with van der Waals surface area (Å²) in [6, 6.07) is 4.70. The molecule has 3 heteroatoms. The lowest BCUT2D eigenvalue weighted by Crippen LogP contribution is -2.39. The summed E-state index contributed by atoms with van der Waals surface area (Å²) < 4.78 is 0. The van der Waals surface area contributed by atoms with Crippen molar-refractivity contribution in [2.75, 3.05) is 0 Å². The average molecular weight is 274 g/mol. The van der Waals surface area contributed by atoms with Crippen molar-refractivity contribution in [2.24, 2.45) is 5.92 Å². The summed E-state index contributed by atoms with van der Waals surface area (Å²) in [6.07, 6.45) is 10.3. The second kappa shape index (κ2) is 6.13. The van der Waals surface area contributed by atoms with Gasteiger partial charge in [-0.3, -0.25) is 4.79 Å². The van der Waals surface area contributed by atoms with Crippen LogP contribution in [0, 0.1) is 5.92 Å². The van der Waals surface area contributed by atoms with Crippen LogP contribution >= 0.6 is 0 Å². The van der Waals surface area contributed by atoms with Gasteiger partial charge in [-0.1, -0.05) is 25.3 Å². The van der Waals surface area contributed by atoms with E-state index in [1.165, 1.54) is 50.5 Å².